The van der Waals surface area contributed by atoms with Crippen LogP contribution in [0.1, 0.15) is 11.1 Å². The quantitative estimate of drug-likeness (QED) is 0.497. The molecule has 0 aliphatic carbocycles. The van der Waals surface area contributed by atoms with Crippen molar-refractivity contribution in [3.05, 3.63) is 72.3 Å². The molecule has 140 valence electrons. The van der Waals surface area contributed by atoms with Gasteiger partial charge in [-0.2, -0.15) is 0 Å². The predicted octanol–water partition coefficient (Wildman–Crippen LogP) is 2.88. The first kappa shape index (κ1) is 18.3. The maximum atomic E-state index is 6.05. The average molecular weight is 365 g/mol. The summed E-state index contributed by atoms with van der Waals surface area (Å²) in [7, 11) is 3.21. The number of aliphatic imine (C=N–C) groups is 1. The minimum Gasteiger partial charge on any atom is -0.497 e. The first-order valence-corrected chi connectivity index (χ1v) is 8.50. The maximum absolute atomic E-state index is 6.05. The average Bonchev–Trinajstić information content (AvgIpc) is 3.19. The molecule has 0 saturated heterocycles. The van der Waals surface area contributed by atoms with Gasteiger partial charge in [0.2, 0.25) is 0 Å². The Kier molecular flexibility index (Phi) is 5.94. The van der Waals surface area contributed by atoms with Crippen LogP contribution in [0.3, 0.4) is 0 Å². The Morgan fingerprint density at radius 3 is 2.74 bits per heavy atom. The topological polar surface area (TPSA) is 86.7 Å². The molecule has 27 heavy (non-hydrogen) atoms. The first-order chi connectivity index (χ1) is 13.2. The van der Waals surface area contributed by atoms with E-state index in [0.717, 1.165) is 12.1 Å². The number of imidazole rings is 1. The number of anilines is 1. The Labute approximate surface area is 158 Å². The van der Waals surface area contributed by atoms with Gasteiger partial charge in [0.05, 0.1) is 32.8 Å². The van der Waals surface area contributed by atoms with Gasteiger partial charge in [0.15, 0.2) is 5.96 Å². The van der Waals surface area contributed by atoms with Crippen LogP contribution < -0.4 is 20.5 Å². The van der Waals surface area contributed by atoms with Crippen molar-refractivity contribution in [1.82, 2.24) is 9.55 Å². The second-order valence-corrected chi connectivity index (χ2v) is 5.95. The number of nitrogens with two attached hydrogens (primary N) is 1. The van der Waals surface area contributed by atoms with E-state index in [1.807, 2.05) is 41.1 Å². The van der Waals surface area contributed by atoms with E-state index in [4.69, 9.17) is 15.2 Å². The molecule has 0 spiro atoms. The standard InChI is InChI=1S/C20H23N5O2/c1-26-17-6-7-19(27-2)18(11-17)24-20(21)23-12-15-4-3-5-16(10-15)13-25-9-8-22-14-25/h3-11,14H,12-13H2,1-2H3,(H3,21,23,24). The molecule has 2 aromatic carbocycles. The Morgan fingerprint density at radius 1 is 1.15 bits per heavy atom. The lowest BCUT2D eigenvalue weighted by atomic mass is 10.1. The van der Waals surface area contributed by atoms with Gasteiger partial charge in [0, 0.05) is 25.0 Å². The minimum atomic E-state index is 0.307. The van der Waals surface area contributed by atoms with Gasteiger partial charge in [-0.1, -0.05) is 24.3 Å². The fourth-order valence-corrected chi connectivity index (χ4v) is 2.68. The van der Waals surface area contributed by atoms with Crippen molar-refractivity contribution in [2.75, 3.05) is 19.5 Å². The van der Waals surface area contributed by atoms with Gasteiger partial charge in [0.1, 0.15) is 11.5 Å². The summed E-state index contributed by atoms with van der Waals surface area (Å²) >= 11 is 0. The summed E-state index contributed by atoms with van der Waals surface area (Å²) in [5, 5.41) is 3.07. The van der Waals surface area contributed by atoms with E-state index >= 15 is 0 Å². The van der Waals surface area contributed by atoms with E-state index in [1.165, 1.54) is 5.56 Å². The zero-order chi connectivity index (χ0) is 19.1. The molecule has 7 heteroatoms. The second-order valence-electron chi connectivity index (χ2n) is 5.95. The van der Waals surface area contributed by atoms with E-state index in [1.54, 1.807) is 26.7 Å². The van der Waals surface area contributed by atoms with Crippen molar-refractivity contribution >= 4 is 11.6 Å². The van der Waals surface area contributed by atoms with Crippen LogP contribution in [-0.4, -0.2) is 29.7 Å². The lowest BCUT2D eigenvalue weighted by Gasteiger charge is -2.12. The van der Waals surface area contributed by atoms with Crippen LogP contribution in [-0.2, 0) is 13.1 Å². The van der Waals surface area contributed by atoms with Crippen LogP contribution >= 0.6 is 0 Å². The van der Waals surface area contributed by atoms with Crippen LogP contribution in [0.4, 0.5) is 5.69 Å². The van der Waals surface area contributed by atoms with Gasteiger partial charge in [-0.05, 0) is 23.3 Å². The van der Waals surface area contributed by atoms with Crippen molar-refractivity contribution in [2.45, 2.75) is 13.1 Å². The maximum Gasteiger partial charge on any atom is 0.193 e. The molecule has 0 atom stereocenters. The summed E-state index contributed by atoms with van der Waals surface area (Å²) in [6, 6.07) is 13.7. The molecule has 0 fully saturated rings. The zero-order valence-electron chi connectivity index (χ0n) is 15.4. The number of hydrogen-bond donors (Lipinski definition) is 2. The van der Waals surface area contributed by atoms with Gasteiger partial charge in [0.25, 0.3) is 0 Å². The third-order valence-corrected chi connectivity index (χ3v) is 4.02. The molecular weight excluding hydrogens is 342 g/mol. The molecule has 7 nitrogen and oxygen atoms in total. The number of methoxy groups -OCH3 is 2. The van der Waals surface area contributed by atoms with Gasteiger partial charge in [-0.3, -0.25) is 0 Å². The molecule has 0 aliphatic heterocycles. The molecule has 3 N–H and O–H groups in total. The van der Waals surface area contributed by atoms with Crippen molar-refractivity contribution in [3.8, 4) is 11.5 Å². The molecule has 1 heterocycles. The number of nitrogens with one attached hydrogen (secondary N) is 1. The normalized spacial score (nSPS) is 11.3. The highest BCUT2D eigenvalue weighted by atomic mass is 16.5. The molecule has 0 aliphatic rings. The van der Waals surface area contributed by atoms with Crippen molar-refractivity contribution in [1.29, 1.82) is 0 Å². The summed E-state index contributed by atoms with van der Waals surface area (Å²) in [5.74, 6) is 1.68. The molecule has 0 unspecified atom stereocenters. The summed E-state index contributed by atoms with van der Waals surface area (Å²) in [4.78, 5) is 8.49. The summed E-state index contributed by atoms with van der Waals surface area (Å²) in [6.45, 7) is 1.25. The Bertz CT molecular complexity index is 906. The van der Waals surface area contributed by atoms with E-state index in [-0.39, 0.29) is 0 Å². The third kappa shape index (κ3) is 5.01. The summed E-state index contributed by atoms with van der Waals surface area (Å²) in [5.41, 5.74) is 9.01. The Morgan fingerprint density at radius 2 is 2.00 bits per heavy atom. The summed E-state index contributed by atoms with van der Waals surface area (Å²) < 4.78 is 12.6. The molecule has 1 aromatic heterocycles. The second kappa shape index (κ2) is 8.75. The van der Waals surface area contributed by atoms with E-state index in [9.17, 15) is 0 Å². The van der Waals surface area contributed by atoms with E-state index in [2.05, 4.69) is 27.4 Å². The fraction of sp³-hybridized carbons (Fsp3) is 0.200. The largest absolute Gasteiger partial charge is 0.497 e. The van der Waals surface area contributed by atoms with Gasteiger partial charge < -0.3 is 25.1 Å². The highest BCUT2D eigenvalue weighted by molar-refractivity contribution is 5.94. The number of hydrogen-bond acceptors (Lipinski definition) is 4. The van der Waals surface area contributed by atoms with E-state index < -0.39 is 0 Å². The van der Waals surface area contributed by atoms with Gasteiger partial charge >= 0.3 is 0 Å². The van der Waals surface area contributed by atoms with Gasteiger partial charge in [-0.25, -0.2) is 9.98 Å². The summed E-state index contributed by atoms with van der Waals surface area (Å²) in [6.07, 6.45) is 5.51. The molecular formula is C20H23N5O2. The molecule has 3 rings (SSSR count). The third-order valence-electron chi connectivity index (χ3n) is 4.02. The molecule has 3 aromatic rings. The van der Waals surface area contributed by atoms with Crippen LogP contribution in [0.5, 0.6) is 11.5 Å². The molecule has 0 radical (unpaired) electrons. The van der Waals surface area contributed by atoms with Crippen molar-refractivity contribution < 1.29 is 9.47 Å². The molecule has 0 bridgehead atoms. The molecule has 0 saturated carbocycles. The SMILES string of the molecule is COc1ccc(OC)c(NC(N)=NCc2cccc(Cn3ccnc3)c2)c1. The Balaban J connectivity index is 1.67. The number of guanidine groups is 1. The van der Waals surface area contributed by atoms with Crippen molar-refractivity contribution in [2.24, 2.45) is 10.7 Å². The monoisotopic (exact) mass is 365 g/mol. The Hall–Kier alpha value is -3.48. The lowest BCUT2D eigenvalue weighted by molar-refractivity contribution is 0.405. The van der Waals surface area contributed by atoms with Crippen LogP contribution in [0, 0.1) is 0 Å². The van der Waals surface area contributed by atoms with Crippen LogP contribution in [0.25, 0.3) is 0 Å². The van der Waals surface area contributed by atoms with Crippen molar-refractivity contribution in [3.63, 3.8) is 0 Å². The number of ether oxygens (including phenoxy) is 2. The first-order valence-electron chi connectivity index (χ1n) is 8.50. The number of aromatic nitrogens is 2. The minimum absolute atomic E-state index is 0.307. The van der Waals surface area contributed by atoms with Gasteiger partial charge in [-0.15, -0.1) is 0 Å². The highest BCUT2D eigenvalue weighted by Crippen LogP contribution is 2.28. The number of rotatable bonds is 7. The number of nitrogens with zero attached hydrogens (tertiary/aromatic N) is 3. The zero-order valence-corrected chi connectivity index (χ0v) is 15.4. The lowest BCUT2D eigenvalue weighted by Crippen LogP contribution is -2.23. The molecule has 0 amide bonds. The highest BCUT2D eigenvalue weighted by Gasteiger charge is 2.06. The predicted molar refractivity (Wildman–Crippen MR) is 106 cm³/mol. The smallest absolute Gasteiger partial charge is 0.193 e. The number of benzene rings is 2. The van der Waals surface area contributed by atoms with Crippen LogP contribution in [0.2, 0.25) is 0 Å². The van der Waals surface area contributed by atoms with Crippen LogP contribution in [0.15, 0.2) is 66.2 Å². The van der Waals surface area contributed by atoms with E-state index in [0.29, 0.717) is 29.7 Å². The fourth-order valence-electron chi connectivity index (χ4n) is 2.68.